The average Bonchev–Trinajstić information content (AvgIpc) is 2.48. The van der Waals surface area contributed by atoms with E-state index < -0.39 is 0 Å². The fourth-order valence-corrected chi connectivity index (χ4v) is 1.98. The van der Waals surface area contributed by atoms with Gasteiger partial charge in [0.1, 0.15) is 11.5 Å². The molecular formula is C16H16O4. The molecule has 0 spiro atoms. The highest BCUT2D eigenvalue weighted by atomic mass is 16.5. The summed E-state index contributed by atoms with van der Waals surface area (Å²) in [5, 5.41) is 19.1. The average molecular weight is 272 g/mol. The lowest BCUT2D eigenvalue weighted by Crippen LogP contribution is -2.01. The standard InChI is InChI=1S/C16H16O4/c1-20-16(19)12-5-2-11(3-6-12)4-7-13-10-14(17)8-9-15(13)18/h2-3,5-6,8-10,17-18H,4,7H2,1H3. The van der Waals surface area contributed by atoms with E-state index in [2.05, 4.69) is 4.74 Å². The molecule has 2 aromatic carbocycles. The number of ether oxygens (including phenoxy) is 1. The highest BCUT2D eigenvalue weighted by molar-refractivity contribution is 5.89. The minimum absolute atomic E-state index is 0.138. The van der Waals surface area contributed by atoms with Crippen LogP contribution in [0, 0.1) is 0 Å². The maximum atomic E-state index is 11.3. The first-order valence-corrected chi connectivity index (χ1v) is 6.28. The molecule has 2 rings (SSSR count). The fourth-order valence-electron chi connectivity index (χ4n) is 1.98. The first-order valence-electron chi connectivity index (χ1n) is 6.28. The molecule has 4 nitrogen and oxygen atoms in total. The molecule has 0 heterocycles. The summed E-state index contributed by atoms with van der Waals surface area (Å²) in [6.45, 7) is 0. The third-order valence-corrected chi connectivity index (χ3v) is 3.12. The van der Waals surface area contributed by atoms with Crippen LogP contribution >= 0.6 is 0 Å². The molecule has 0 saturated heterocycles. The van der Waals surface area contributed by atoms with Gasteiger partial charge in [0.05, 0.1) is 12.7 Å². The summed E-state index contributed by atoms with van der Waals surface area (Å²) in [4.78, 5) is 11.3. The molecule has 104 valence electrons. The Labute approximate surface area is 117 Å². The number of methoxy groups -OCH3 is 1. The Morgan fingerprint density at radius 1 is 1.05 bits per heavy atom. The van der Waals surface area contributed by atoms with E-state index >= 15 is 0 Å². The van der Waals surface area contributed by atoms with Gasteiger partial charge < -0.3 is 14.9 Å². The van der Waals surface area contributed by atoms with Gasteiger partial charge in [0, 0.05) is 0 Å². The van der Waals surface area contributed by atoms with Crippen LogP contribution in [0.2, 0.25) is 0 Å². The van der Waals surface area contributed by atoms with Crippen molar-refractivity contribution in [3.05, 3.63) is 59.2 Å². The number of carbonyl (C=O) groups excluding carboxylic acids is 1. The van der Waals surface area contributed by atoms with Gasteiger partial charge in [-0.2, -0.15) is 0 Å². The second-order valence-corrected chi connectivity index (χ2v) is 4.50. The number of hydrogen-bond donors (Lipinski definition) is 2. The molecule has 0 amide bonds. The molecule has 0 aliphatic carbocycles. The number of rotatable bonds is 4. The van der Waals surface area contributed by atoms with Gasteiger partial charge in [0.15, 0.2) is 0 Å². The zero-order valence-corrected chi connectivity index (χ0v) is 11.2. The van der Waals surface area contributed by atoms with Crippen LogP contribution in [0.15, 0.2) is 42.5 Å². The molecule has 0 unspecified atom stereocenters. The number of hydrogen-bond acceptors (Lipinski definition) is 4. The van der Waals surface area contributed by atoms with Crippen molar-refractivity contribution < 1.29 is 19.7 Å². The molecule has 2 N–H and O–H groups in total. The molecule has 0 bridgehead atoms. The van der Waals surface area contributed by atoms with E-state index in [9.17, 15) is 15.0 Å². The third-order valence-electron chi connectivity index (χ3n) is 3.12. The lowest BCUT2D eigenvalue weighted by molar-refractivity contribution is 0.0600. The molecule has 0 aliphatic heterocycles. The highest BCUT2D eigenvalue weighted by Gasteiger charge is 2.06. The predicted octanol–water partition coefficient (Wildman–Crippen LogP) is 2.67. The lowest BCUT2D eigenvalue weighted by atomic mass is 10.0. The second-order valence-electron chi connectivity index (χ2n) is 4.50. The molecule has 2 aromatic rings. The number of aryl methyl sites for hydroxylation is 2. The van der Waals surface area contributed by atoms with Crippen LogP contribution in [-0.4, -0.2) is 23.3 Å². The van der Waals surface area contributed by atoms with E-state index in [1.54, 1.807) is 18.2 Å². The summed E-state index contributed by atoms with van der Waals surface area (Å²) in [6, 6.07) is 11.6. The number of esters is 1. The maximum absolute atomic E-state index is 11.3. The lowest BCUT2D eigenvalue weighted by Gasteiger charge is -2.06. The number of phenolic OH excluding ortho intramolecular Hbond substituents is 2. The SMILES string of the molecule is COC(=O)c1ccc(CCc2cc(O)ccc2O)cc1. The molecule has 20 heavy (non-hydrogen) atoms. The minimum Gasteiger partial charge on any atom is -0.508 e. The van der Waals surface area contributed by atoms with Crippen LogP contribution in [0.5, 0.6) is 11.5 Å². The monoisotopic (exact) mass is 272 g/mol. The largest absolute Gasteiger partial charge is 0.508 e. The first-order chi connectivity index (χ1) is 9.60. The van der Waals surface area contributed by atoms with Crippen molar-refractivity contribution in [1.82, 2.24) is 0 Å². The summed E-state index contributed by atoms with van der Waals surface area (Å²) in [5.74, 6) is -0.0463. The Morgan fingerprint density at radius 2 is 1.75 bits per heavy atom. The Kier molecular flexibility index (Phi) is 4.25. The van der Waals surface area contributed by atoms with Gasteiger partial charge in [0.25, 0.3) is 0 Å². The number of benzene rings is 2. The van der Waals surface area contributed by atoms with Crippen molar-refractivity contribution in [3.63, 3.8) is 0 Å². The van der Waals surface area contributed by atoms with Gasteiger partial charge in [-0.1, -0.05) is 12.1 Å². The van der Waals surface area contributed by atoms with Gasteiger partial charge >= 0.3 is 5.97 Å². The van der Waals surface area contributed by atoms with Crippen molar-refractivity contribution in [2.45, 2.75) is 12.8 Å². The molecule has 4 heteroatoms. The van der Waals surface area contributed by atoms with E-state index in [0.717, 1.165) is 5.56 Å². The maximum Gasteiger partial charge on any atom is 0.337 e. The Balaban J connectivity index is 2.04. The van der Waals surface area contributed by atoms with Crippen LogP contribution in [0.3, 0.4) is 0 Å². The van der Waals surface area contributed by atoms with Gasteiger partial charge in [-0.05, 0) is 54.3 Å². The van der Waals surface area contributed by atoms with E-state index in [-0.39, 0.29) is 17.5 Å². The molecule has 0 saturated carbocycles. The van der Waals surface area contributed by atoms with Crippen molar-refractivity contribution in [2.24, 2.45) is 0 Å². The van der Waals surface area contributed by atoms with E-state index in [1.807, 2.05) is 12.1 Å². The van der Waals surface area contributed by atoms with Crippen molar-refractivity contribution in [1.29, 1.82) is 0 Å². The van der Waals surface area contributed by atoms with Gasteiger partial charge in [-0.25, -0.2) is 4.79 Å². The van der Waals surface area contributed by atoms with E-state index in [0.29, 0.717) is 24.0 Å². The van der Waals surface area contributed by atoms with Crippen LogP contribution in [0.4, 0.5) is 0 Å². The van der Waals surface area contributed by atoms with Gasteiger partial charge in [0.2, 0.25) is 0 Å². The van der Waals surface area contributed by atoms with Crippen LogP contribution < -0.4 is 0 Å². The number of aromatic hydroxyl groups is 2. The van der Waals surface area contributed by atoms with Crippen molar-refractivity contribution in [3.8, 4) is 11.5 Å². The van der Waals surface area contributed by atoms with E-state index in [1.165, 1.54) is 19.2 Å². The normalized spacial score (nSPS) is 10.2. The summed E-state index contributed by atoms with van der Waals surface area (Å²) in [6.07, 6.45) is 1.32. The smallest absolute Gasteiger partial charge is 0.337 e. The summed E-state index contributed by atoms with van der Waals surface area (Å²) in [5.41, 5.74) is 2.25. The molecule has 0 aromatic heterocycles. The first kappa shape index (κ1) is 13.9. The van der Waals surface area contributed by atoms with Gasteiger partial charge in [-0.15, -0.1) is 0 Å². The van der Waals surface area contributed by atoms with Crippen LogP contribution in [0.25, 0.3) is 0 Å². The molecule has 0 fully saturated rings. The molecule has 0 atom stereocenters. The van der Waals surface area contributed by atoms with Crippen LogP contribution in [-0.2, 0) is 17.6 Å². The van der Waals surface area contributed by atoms with Crippen molar-refractivity contribution >= 4 is 5.97 Å². The zero-order valence-electron chi connectivity index (χ0n) is 11.2. The van der Waals surface area contributed by atoms with Crippen LogP contribution in [0.1, 0.15) is 21.5 Å². The molecule has 0 aliphatic rings. The number of phenols is 2. The topological polar surface area (TPSA) is 66.8 Å². The Hall–Kier alpha value is -2.49. The second kappa shape index (κ2) is 6.10. The Bertz CT molecular complexity index is 602. The summed E-state index contributed by atoms with van der Waals surface area (Å²) >= 11 is 0. The van der Waals surface area contributed by atoms with E-state index in [4.69, 9.17) is 0 Å². The quantitative estimate of drug-likeness (QED) is 0.663. The zero-order chi connectivity index (χ0) is 14.5. The van der Waals surface area contributed by atoms with Crippen molar-refractivity contribution in [2.75, 3.05) is 7.11 Å². The summed E-state index contributed by atoms with van der Waals surface area (Å²) < 4.78 is 4.63. The summed E-state index contributed by atoms with van der Waals surface area (Å²) in [7, 11) is 1.35. The van der Waals surface area contributed by atoms with Gasteiger partial charge in [-0.3, -0.25) is 0 Å². The predicted molar refractivity (Wildman–Crippen MR) is 75.0 cm³/mol. The fraction of sp³-hybridized carbons (Fsp3) is 0.188. The molecular weight excluding hydrogens is 256 g/mol. The molecule has 0 radical (unpaired) electrons. The minimum atomic E-state index is -0.359. The highest BCUT2D eigenvalue weighted by Crippen LogP contribution is 2.23. The Morgan fingerprint density at radius 3 is 2.40 bits per heavy atom. The third kappa shape index (κ3) is 3.29. The number of carbonyl (C=O) groups is 1.